The molecule has 0 aromatic rings. The molecule has 76 valence electrons. The molecule has 0 unspecified atom stereocenters. The Morgan fingerprint density at radius 1 is 1.62 bits per heavy atom. The van der Waals surface area contributed by atoms with Gasteiger partial charge in [-0.2, -0.15) is 0 Å². The number of nitrogens with zero attached hydrogens (tertiary/aromatic N) is 1. The van der Waals surface area contributed by atoms with Crippen molar-refractivity contribution in [1.82, 2.24) is 15.6 Å². The molecule has 1 saturated heterocycles. The molecule has 0 atom stereocenters. The molecule has 0 aromatic carbocycles. The molecule has 1 fully saturated rings. The molecule has 0 spiro atoms. The minimum absolute atomic E-state index is 0.124. The van der Waals surface area contributed by atoms with Gasteiger partial charge in [0.15, 0.2) is 0 Å². The van der Waals surface area contributed by atoms with Gasteiger partial charge in [0, 0.05) is 6.04 Å². The number of likely N-dealkylation sites (N-methyl/N-ethyl adjacent to an activating group) is 1. The monoisotopic (exact) mass is 186 g/mol. The molecule has 1 amide bonds. The van der Waals surface area contributed by atoms with Gasteiger partial charge in [0.1, 0.15) is 0 Å². The number of hydrogen-bond donors (Lipinski definition) is 3. The average molecular weight is 186 g/mol. The zero-order chi connectivity index (χ0) is 9.68. The molecule has 1 aliphatic rings. The highest BCUT2D eigenvalue weighted by Gasteiger charge is 2.18. The summed E-state index contributed by atoms with van der Waals surface area (Å²) < 4.78 is 0. The van der Waals surface area contributed by atoms with Crippen molar-refractivity contribution in [2.24, 2.45) is 5.84 Å². The van der Waals surface area contributed by atoms with Gasteiger partial charge in [0.2, 0.25) is 5.91 Å². The van der Waals surface area contributed by atoms with Crippen molar-refractivity contribution in [3.8, 4) is 0 Å². The van der Waals surface area contributed by atoms with Crippen LogP contribution < -0.4 is 16.6 Å². The second kappa shape index (κ2) is 5.16. The summed E-state index contributed by atoms with van der Waals surface area (Å²) in [5.41, 5.74) is 2.14. The second-order valence-electron chi connectivity index (χ2n) is 3.46. The van der Waals surface area contributed by atoms with Crippen molar-refractivity contribution >= 4 is 5.91 Å². The fraction of sp³-hybridized carbons (Fsp3) is 0.875. The summed E-state index contributed by atoms with van der Waals surface area (Å²) in [5, 5.41) is 3.28. The maximum absolute atomic E-state index is 11.0. The van der Waals surface area contributed by atoms with Crippen LogP contribution in [-0.4, -0.2) is 43.5 Å². The molecule has 1 heterocycles. The van der Waals surface area contributed by atoms with Crippen LogP contribution in [0.25, 0.3) is 0 Å². The number of nitrogens with two attached hydrogens (primary N) is 1. The minimum Gasteiger partial charge on any atom is -0.317 e. The molecule has 13 heavy (non-hydrogen) atoms. The molecule has 5 heteroatoms. The van der Waals surface area contributed by atoms with Crippen molar-refractivity contribution in [2.75, 3.05) is 26.7 Å². The fourth-order valence-electron chi connectivity index (χ4n) is 1.65. The van der Waals surface area contributed by atoms with Crippen LogP contribution >= 0.6 is 0 Å². The van der Waals surface area contributed by atoms with Crippen molar-refractivity contribution in [3.05, 3.63) is 0 Å². The third kappa shape index (κ3) is 3.30. The second-order valence-corrected chi connectivity index (χ2v) is 3.46. The molecule has 4 N–H and O–H groups in total. The van der Waals surface area contributed by atoms with E-state index in [0.717, 1.165) is 25.9 Å². The maximum Gasteiger partial charge on any atom is 0.248 e. The molecule has 5 nitrogen and oxygen atoms in total. The van der Waals surface area contributed by atoms with E-state index in [0.29, 0.717) is 12.6 Å². The number of rotatable bonds is 3. The van der Waals surface area contributed by atoms with E-state index in [1.807, 2.05) is 7.05 Å². The van der Waals surface area contributed by atoms with Crippen LogP contribution in [0.15, 0.2) is 0 Å². The normalized spacial score (nSPS) is 19.0. The summed E-state index contributed by atoms with van der Waals surface area (Å²) in [4.78, 5) is 13.0. The first kappa shape index (κ1) is 10.4. The Morgan fingerprint density at radius 2 is 2.23 bits per heavy atom. The van der Waals surface area contributed by atoms with E-state index in [1.165, 1.54) is 0 Å². The first-order valence-corrected chi connectivity index (χ1v) is 4.64. The largest absolute Gasteiger partial charge is 0.317 e. The highest BCUT2D eigenvalue weighted by Crippen LogP contribution is 2.08. The van der Waals surface area contributed by atoms with E-state index >= 15 is 0 Å². The third-order valence-electron chi connectivity index (χ3n) is 2.49. The smallest absolute Gasteiger partial charge is 0.248 e. The lowest BCUT2D eigenvalue weighted by atomic mass is 10.1. The van der Waals surface area contributed by atoms with Crippen LogP contribution in [0.3, 0.4) is 0 Å². The summed E-state index contributed by atoms with van der Waals surface area (Å²) >= 11 is 0. The van der Waals surface area contributed by atoms with E-state index in [2.05, 4.69) is 15.6 Å². The van der Waals surface area contributed by atoms with E-state index in [-0.39, 0.29) is 5.91 Å². The van der Waals surface area contributed by atoms with Crippen molar-refractivity contribution in [3.63, 3.8) is 0 Å². The predicted octanol–water partition coefficient (Wildman–Crippen LogP) is -1.34. The van der Waals surface area contributed by atoms with E-state index in [1.54, 1.807) is 0 Å². The molecule has 0 radical (unpaired) electrons. The summed E-state index contributed by atoms with van der Waals surface area (Å²) in [5.74, 6) is 4.89. The zero-order valence-electron chi connectivity index (χ0n) is 8.05. The highest BCUT2D eigenvalue weighted by atomic mass is 16.2. The van der Waals surface area contributed by atoms with Crippen LogP contribution in [0.2, 0.25) is 0 Å². The van der Waals surface area contributed by atoms with Crippen molar-refractivity contribution < 1.29 is 4.79 Å². The van der Waals surface area contributed by atoms with Gasteiger partial charge in [-0.05, 0) is 33.0 Å². The molecular weight excluding hydrogens is 168 g/mol. The number of carbonyl (C=O) groups is 1. The Kier molecular flexibility index (Phi) is 4.14. The first-order valence-electron chi connectivity index (χ1n) is 4.64. The van der Waals surface area contributed by atoms with Crippen molar-refractivity contribution in [1.29, 1.82) is 0 Å². The molecule has 0 aliphatic carbocycles. The Morgan fingerprint density at radius 3 is 2.77 bits per heavy atom. The van der Waals surface area contributed by atoms with Crippen LogP contribution in [-0.2, 0) is 4.79 Å². The number of piperidine rings is 1. The molecule has 0 saturated carbocycles. The van der Waals surface area contributed by atoms with Gasteiger partial charge < -0.3 is 5.32 Å². The molecular formula is C8H18N4O. The highest BCUT2D eigenvalue weighted by molar-refractivity contribution is 5.77. The summed E-state index contributed by atoms with van der Waals surface area (Å²) in [6, 6.07) is 0.513. The van der Waals surface area contributed by atoms with Gasteiger partial charge >= 0.3 is 0 Å². The topological polar surface area (TPSA) is 70.4 Å². The minimum atomic E-state index is -0.124. The Balaban J connectivity index is 2.28. The standard InChI is InChI=1S/C8H18N4O/c1-12(6-8(13)11-9)7-2-4-10-5-3-7/h7,10H,2-6,9H2,1H3,(H,11,13). The SMILES string of the molecule is CN(CC(=O)NN)C1CCNCC1. The van der Waals surface area contributed by atoms with E-state index in [9.17, 15) is 4.79 Å². The first-order chi connectivity index (χ1) is 6.24. The molecule has 0 bridgehead atoms. The molecule has 0 aromatic heterocycles. The van der Waals surface area contributed by atoms with Crippen LogP contribution in [0.5, 0.6) is 0 Å². The summed E-state index contributed by atoms with van der Waals surface area (Å²) in [7, 11) is 1.96. The average Bonchev–Trinajstić information content (AvgIpc) is 2.19. The van der Waals surface area contributed by atoms with Gasteiger partial charge in [0.05, 0.1) is 6.54 Å². The number of hydrogen-bond acceptors (Lipinski definition) is 4. The van der Waals surface area contributed by atoms with E-state index in [4.69, 9.17) is 5.84 Å². The maximum atomic E-state index is 11.0. The summed E-state index contributed by atoms with van der Waals surface area (Å²) in [6.07, 6.45) is 2.21. The van der Waals surface area contributed by atoms with Crippen LogP contribution in [0.4, 0.5) is 0 Å². The van der Waals surface area contributed by atoms with Crippen LogP contribution in [0, 0.1) is 0 Å². The predicted molar refractivity (Wildman–Crippen MR) is 50.9 cm³/mol. The number of carbonyl (C=O) groups excluding carboxylic acids is 1. The van der Waals surface area contributed by atoms with Gasteiger partial charge in [-0.15, -0.1) is 0 Å². The Hall–Kier alpha value is -0.650. The zero-order valence-corrected chi connectivity index (χ0v) is 8.05. The summed E-state index contributed by atoms with van der Waals surface area (Å²) in [6.45, 7) is 2.47. The van der Waals surface area contributed by atoms with Crippen molar-refractivity contribution in [2.45, 2.75) is 18.9 Å². The quantitative estimate of drug-likeness (QED) is 0.290. The van der Waals surface area contributed by atoms with Gasteiger partial charge in [-0.1, -0.05) is 0 Å². The molecule has 1 rings (SSSR count). The van der Waals surface area contributed by atoms with E-state index < -0.39 is 0 Å². The Labute approximate surface area is 78.6 Å². The lowest BCUT2D eigenvalue weighted by Crippen LogP contribution is -2.46. The Bertz CT molecular complexity index is 168. The lowest BCUT2D eigenvalue weighted by Gasteiger charge is -2.30. The fourth-order valence-corrected chi connectivity index (χ4v) is 1.65. The van der Waals surface area contributed by atoms with Gasteiger partial charge in [-0.25, -0.2) is 5.84 Å². The number of nitrogens with one attached hydrogen (secondary N) is 2. The van der Waals surface area contributed by atoms with Gasteiger partial charge in [0.25, 0.3) is 0 Å². The molecule has 1 aliphatic heterocycles. The lowest BCUT2D eigenvalue weighted by molar-refractivity contribution is -0.122. The number of hydrazine groups is 1. The number of amides is 1. The third-order valence-corrected chi connectivity index (χ3v) is 2.49. The van der Waals surface area contributed by atoms with Gasteiger partial charge in [-0.3, -0.25) is 15.1 Å². The van der Waals surface area contributed by atoms with Crippen LogP contribution in [0.1, 0.15) is 12.8 Å².